The molecule has 0 radical (unpaired) electrons. The summed E-state index contributed by atoms with van der Waals surface area (Å²) < 4.78 is 7.03. The number of benzene rings is 8. The van der Waals surface area contributed by atoms with Gasteiger partial charge in [0.25, 0.3) is 0 Å². The van der Waals surface area contributed by atoms with E-state index in [0.717, 1.165) is 49.9 Å². The molecule has 11 rings (SSSR count). The molecule has 3 aromatic heterocycles. The van der Waals surface area contributed by atoms with Crippen LogP contribution in [0.3, 0.4) is 0 Å². The Hall–Kier alpha value is -7.35. The average Bonchev–Trinajstić information content (AvgIpc) is 3.86. The van der Waals surface area contributed by atoms with Crippen molar-refractivity contribution >= 4 is 65.4 Å². The van der Waals surface area contributed by atoms with Gasteiger partial charge < -0.3 is 13.7 Å². The summed E-state index contributed by atoms with van der Waals surface area (Å²) in [6.45, 7) is 0. The SMILES string of the molecule is N#Cc1ccc2c3ccc(-n4c5ccccc5c5cc(-c6ccc7c(c6)c6ccccc6n7-c6ccccc6)ccc54)cc3n(-c3ccccc3)c2c1. The van der Waals surface area contributed by atoms with Crippen molar-refractivity contribution in [1.29, 1.82) is 5.26 Å². The lowest BCUT2D eigenvalue weighted by Gasteiger charge is -2.11. The molecule has 3 heterocycles. The van der Waals surface area contributed by atoms with E-state index in [9.17, 15) is 5.26 Å². The van der Waals surface area contributed by atoms with Gasteiger partial charge >= 0.3 is 0 Å². The van der Waals surface area contributed by atoms with Crippen molar-refractivity contribution in [2.24, 2.45) is 0 Å². The second kappa shape index (κ2) is 11.3. The van der Waals surface area contributed by atoms with Crippen LogP contribution in [0.2, 0.25) is 0 Å². The molecule has 0 unspecified atom stereocenters. The summed E-state index contributed by atoms with van der Waals surface area (Å²) in [6, 6.07) is 67.3. The minimum atomic E-state index is 0.650. The number of para-hydroxylation sites is 4. The van der Waals surface area contributed by atoms with Crippen molar-refractivity contribution in [2.75, 3.05) is 0 Å². The Labute approximate surface area is 305 Å². The molecule has 53 heavy (non-hydrogen) atoms. The molecule has 0 N–H and O–H groups in total. The summed E-state index contributed by atoms with van der Waals surface area (Å²) >= 11 is 0. The van der Waals surface area contributed by atoms with E-state index in [1.54, 1.807) is 0 Å². The molecule has 0 atom stereocenters. The fourth-order valence-electron chi connectivity index (χ4n) is 8.51. The molecule has 0 spiro atoms. The van der Waals surface area contributed by atoms with Crippen molar-refractivity contribution < 1.29 is 0 Å². The first kappa shape index (κ1) is 29.4. The summed E-state index contributed by atoms with van der Waals surface area (Å²) in [4.78, 5) is 0. The van der Waals surface area contributed by atoms with Crippen LogP contribution < -0.4 is 0 Å². The molecule has 4 heteroatoms. The Morgan fingerprint density at radius 2 is 0.736 bits per heavy atom. The lowest BCUT2D eigenvalue weighted by atomic mass is 10.0. The van der Waals surface area contributed by atoms with Gasteiger partial charge in [-0.15, -0.1) is 0 Å². The molecular formula is C49H30N4. The third-order valence-corrected chi connectivity index (χ3v) is 10.8. The highest BCUT2D eigenvalue weighted by Gasteiger charge is 2.18. The molecule has 0 fully saturated rings. The van der Waals surface area contributed by atoms with Crippen LogP contribution in [0, 0.1) is 11.3 Å². The Kier molecular flexibility index (Phi) is 6.28. The zero-order valence-corrected chi connectivity index (χ0v) is 28.6. The van der Waals surface area contributed by atoms with E-state index in [0.29, 0.717) is 5.56 Å². The first-order valence-corrected chi connectivity index (χ1v) is 17.9. The highest BCUT2D eigenvalue weighted by molar-refractivity contribution is 6.14. The Morgan fingerprint density at radius 1 is 0.302 bits per heavy atom. The first-order chi connectivity index (χ1) is 26.2. The van der Waals surface area contributed by atoms with Crippen LogP contribution in [0.1, 0.15) is 5.56 Å². The summed E-state index contributed by atoms with van der Waals surface area (Å²) in [5.41, 5.74) is 13.2. The summed E-state index contributed by atoms with van der Waals surface area (Å²) in [5, 5.41) is 17.0. The molecule has 0 saturated heterocycles. The van der Waals surface area contributed by atoms with Crippen LogP contribution in [-0.4, -0.2) is 13.7 Å². The highest BCUT2D eigenvalue weighted by atomic mass is 15.0. The van der Waals surface area contributed by atoms with Crippen LogP contribution in [0.4, 0.5) is 0 Å². The number of aromatic nitrogens is 3. The van der Waals surface area contributed by atoms with Crippen molar-refractivity contribution in [3.63, 3.8) is 0 Å². The first-order valence-electron chi connectivity index (χ1n) is 17.9. The fraction of sp³-hybridized carbons (Fsp3) is 0. The van der Waals surface area contributed by atoms with Crippen LogP contribution in [-0.2, 0) is 0 Å². The maximum atomic E-state index is 9.77. The maximum Gasteiger partial charge on any atom is 0.0992 e. The van der Waals surface area contributed by atoms with Crippen LogP contribution in [0.25, 0.3) is 93.6 Å². The zero-order valence-electron chi connectivity index (χ0n) is 28.6. The van der Waals surface area contributed by atoms with Gasteiger partial charge in [0.1, 0.15) is 0 Å². The van der Waals surface area contributed by atoms with Crippen molar-refractivity contribution in [2.45, 2.75) is 0 Å². The van der Waals surface area contributed by atoms with Gasteiger partial charge in [0.15, 0.2) is 0 Å². The fourth-order valence-corrected chi connectivity index (χ4v) is 8.51. The van der Waals surface area contributed by atoms with E-state index >= 15 is 0 Å². The highest BCUT2D eigenvalue weighted by Crippen LogP contribution is 2.40. The standard InChI is InChI=1S/C49H30N4/c50-31-32-19-23-40-41-24-22-37(30-49(41)52(48(40)27-32)36-13-5-2-6-14-36)53-45-18-10-8-16-39(45)43-29-34(21-26-47(43)53)33-20-25-46-42(28-33)38-15-7-9-17-44(38)51(46)35-11-3-1-4-12-35/h1-30H. The van der Waals surface area contributed by atoms with E-state index in [1.807, 2.05) is 18.2 Å². The van der Waals surface area contributed by atoms with Gasteiger partial charge in [-0.3, -0.25) is 0 Å². The number of nitrogens with zero attached hydrogens (tertiary/aromatic N) is 4. The van der Waals surface area contributed by atoms with Gasteiger partial charge in [0, 0.05) is 49.4 Å². The molecular weight excluding hydrogens is 645 g/mol. The molecule has 4 nitrogen and oxygen atoms in total. The predicted molar refractivity (Wildman–Crippen MR) is 220 cm³/mol. The summed E-state index contributed by atoms with van der Waals surface area (Å²) in [5.74, 6) is 0. The topological polar surface area (TPSA) is 38.6 Å². The van der Waals surface area contributed by atoms with E-state index in [2.05, 4.69) is 184 Å². The molecule has 0 saturated carbocycles. The molecule has 0 aliphatic carbocycles. The Bertz CT molecular complexity index is 3280. The van der Waals surface area contributed by atoms with Crippen molar-refractivity contribution in [3.8, 4) is 34.3 Å². The van der Waals surface area contributed by atoms with E-state index in [4.69, 9.17) is 0 Å². The lowest BCUT2D eigenvalue weighted by molar-refractivity contribution is 1.15. The van der Waals surface area contributed by atoms with Crippen LogP contribution in [0.5, 0.6) is 0 Å². The summed E-state index contributed by atoms with van der Waals surface area (Å²) in [7, 11) is 0. The normalized spacial score (nSPS) is 11.8. The molecule has 246 valence electrons. The predicted octanol–water partition coefficient (Wildman–Crippen LogP) is 12.5. The van der Waals surface area contributed by atoms with Crippen LogP contribution in [0.15, 0.2) is 182 Å². The van der Waals surface area contributed by atoms with Gasteiger partial charge in [-0.25, -0.2) is 0 Å². The number of hydrogen-bond acceptors (Lipinski definition) is 1. The summed E-state index contributed by atoms with van der Waals surface area (Å²) in [6.07, 6.45) is 0. The molecule has 11 aromatic rings. The second-order valence-corrected chi connectivity index (χ2v) is 13.7. The monoisotopic (exact) mass is 674 g/mol. The van der Waals surface area contributed by atoms with E-state index in [1.165, 1.54) is 43.7 Å². The molecule has 0 aliphatic rings. The smallest absolute Gasteiger partial charge is 0.0992 e. The zero-order chi connectivity index (χ0) is 35.0. The van der Waals surface area contributed by atoms with Gasteiger partial charge in [-0.1, -0.05) is 97.1 Å². The maximum absolute atomic E-state index is 9.77. The lowest BCUT2D eigenvalue weighted by Crippen LogP contribution is -1.97. The number of fused-ring (bicyclic) bond motifs is 9. The third kappa shape index (κ3) is 4.35. The van der Waals surface area contributed by atoms with Gasteiger partial charge in [0.2, 0.25) is 0 Å². The number of nitriles is 1. The minimum Gasteiger partial charge on any atom is -0.309 e. The molecule has 0 bridgehead atoms. The molecule has 0 aliphatic heterocycles. The Balaban J connectivity index is 1.11. The van der Waals surface area contributed by atoms with Crippen LogP contribution >= 0.6 is 0 Å². The van der Waals surface area contributed by atoms with Crippen molar-refractivity contribution in [3.05, 3.63) is 188 Å². The Morgan fingerprint density at radius 3 is 1.30 bits per heavy atom. The van der Waals surface area contributed by atoms with Gasteiger partial charge in [-0.05, 0) is 96.1 Å². The number of rotatable bonds is 4. The van der Waals surface area contributed by atoms with E-state index < -0.39 is 0 Å². The van der Waals surface area contributed by atoms with E-state index in [-0.39, 0.29) is 0 Å². The quantitative estimate of drug-likeness (QED) is 0.183. The second-order valence-electron chi connectivity index (χ2n) is 13.7. The van der Waals surface area contributed by atoms with Crippen molar-refractivity contribution in [1.82, 2.24) is 13.7 Å². The van der Waals surface area contributed by atoms with Gasteiger partial charge in [0.05, 0.1) is 44.7 Å². The average molecular weight is 675 g/mol. The third-order valence-electron chi connectivity index (χ3n) is 10.8. The molecule has 0 amide bonds. The largest absolute Gasteiger partial charge is 0.309 e. The van der Waals surface area contributed by atoms with Gasteiger partial charge in [-0.2, -0.15) is 5.26 Å². The molecule has 8 aromatic carbocycles. The minimum absolute atomic E-state index is 0.650. The number of hydrogen-bond donors (Lipinski definition) is 0.